The summed E-state index contributed by atoms with van der Waals surface area (Å²) >= 11 is 0. The first-order valence-electron chi connectivity index (χ1n) is 9.60. The van der Waals surface area contributed by atoms with Crippen LogP contribution in [0.1, 0.15) is 49.8 Å². The van der Waals surface area contributed by atoms with E-state index in [0.29, 0.717) is 5.41 Å². The van der Waals surface area contributed by atoms with E-state index in [1.165, 1.54) is 17.6 Å². The van der Waals surface area contributed by atoms with Gasteiger partial charge in [-0.25, -0.2) is 4.79 Å². The molecule has 3 heteroatoms. The molecule has 2 aromatic rings. The SMILES string of the molecule is CC1(C)CC=C(c2ccc(C[C@@H](O)C(=O)OCc3ccccc3)cc2)CC1. The number of aliphatic hydroxyl groups is 1. The molecule has 0 amide bonds. The topological polar surface area (TPSA) is 46.5 Å². The Morgan fingerprint density at radius 3 is 2.41 bits per heavy atom. The molecule has 0 saturated carbocycles. The first-order chi connectivity index (χ1) is 12.9. The smallest absolute Gasteiger partial charge is 0.335 e. The van der Waals surface area contributed by atoms with Gasteiger partial charge in [-0.2, -0.15) is 0 Å². The van der Waals surface area contributed by atoms with Gasteiger partial charge in [-0.15, -0.1) is 0 Å². The lowest BCUT2D eigenvalue weighted by molar-refractivity contribution is -0.154. The zero-order chi connectivity index (χ0) is 19.3. The summed E-state index contributed by atoms with van der Waals surface area (Å²) in [6, 6.07) is 17.6. The van der Waals surface area contributed by atoms with Gasteiger partial charge < -0.3 is 9.84 Å². The van der Waals surface area contributed by atoms with Gasteiger partial charge in [0, 0.05) is 6.42 Å². The summed E-state index contributed by atoms with van der Waals surface area (Å²) in [4.78, 5) is 12.0. The van der Waals surface area contributed by atoms with Crippen LogP contribution in [0.5, 0.6) is 0 Å². The summed E-state index contributed by atoms with van der Waals surface area (Å²) in [5.74, 6) is -0.583. The molecule has 1 aliphatic carbocycles. The van der Waals surface area contributed by atoms with Crippen molar-refractivity contribution in [2.45, 2.75) is 52.2 Å². The number of carbonyl (C=O) groups excluding carboxylic acids is 1. The summed E-state index contributed by atoms with van der Waals surface area (Å²) in [7, 11) is 0. The average Bonchev–Trinajstić information content (AvgIpc) is 2.67. The van der Waals surface area contributed by atoms with Crippen LogP contribution in [0.3, 0.4) is 0 Å². The second-order valence-electron chi connectivity index (χ2n) is 8.11. The van der Waals surface area contributed by atoms with Crippen molar-refractivity contribution in [2.24, 2.45) is 5.41 Å². The third-order valence-electron chi connectivity index (χ3n) is 5.22. The van der Waals surface area contributed by atoms with E-state index in [9.17, 15) is 9.90 Å². The van der Waals surface area contributed by atoms with Gasteiger partial charge in [-0.3, -0.25) is 0 Å². The fourth-order valence-electron chi connectivity index (χ4n) is 3.33. The lowest BCUT2D eigenvalue weighted by Gasteiger charge is -2.28. The molecule has 0 heterocycles. The van der Waals surface area contributed by atoms with Gasteiger partial charge in [0.05, 0.1) is 0 Å². The number of hydrogen-bond acceptors (Lipinski definition) is 3. The predicted octanol–water partition coefficient (Wildman–Crippen LogP) is 4.93. The number of rotatable bonds is 6. The molecule has 0 aromatic heterocycles. The molecule has 0 spiro atoms. The van der Waals surface area contributed by atoms with Crippen molar-refractivity contribution in [2.75, 3.05) is 0 Å². The molecule has 1 atom stereocenters. The van der Waals surface area contributed by atoms with E-state index >= 15 is 0 Å². The minimum absolute atomic E-state index is 0.181. The molecule has 0 bridgehead atoms. The molecule has 0 fully saturated rings. The molecule has 0 aliphatic heterocycles. The summed E-state index contributed by atoms with van der Waals surface area (Å²) in [5.41, 5.74) is 4.86. The normalized spacial score (nSPS) is 17.1. The molecule has 1 N–H and O–H groups in total. The van der Waals surface area contributed by atoms with Crippen molar-refractivity contribution in [1.82, 2.24) is 0 Å². The van der Waals surface area contributed by atoms with Gasteiger partial charge in [0.15, 0.2) is 6.10 Å². The van der Waals surface area contributed by atoms with Crippen LogP contribution < -0.4 is 0 Å². The second kappa shape index (κ2) is 8.53. The molecular weight excluding hydrogens is 336 g/mol. The Bertz CT molecular complexity index is 788. The monoisotopic (exact) mass is 364 g/mol. The van der Waals surface area contributed by atoms with Gasteiger partial charge in [0.1, 0.15) is 6.61 Å². The molecule has 3 rings (SSSR count). The highest BCUT2D eigenvalue weighted by atomic mass is 16.5. The highest BCUT2D eigenvalue weighted by Gasteiger charge is 2.22. The van der Waals surface area contributed by atoms with E-state index in [1.54, 1.807) is 0 Å². The van der Waals surface area contributed by atoms with Crippen LogP contribution in [0.4, 0.5) is 0 Å². The Morgan fingerprint density at radius 1 is 1.07 bits per heavy atom. The van der Waals surface area contributed by atoms with E-state index in [4.69, 9.17) is 4.74 Å². The number of hydrogen-bond donors (Lipinski definition) is 1. The summed E-state index contributed by atoms with van der Waals surface area (Å²) in [5, 5.41) is 10.1. The lowest BCUT2D eigenvalue weighted by atomic mass is 9.77. The van der Waals surface area contributed by atoms with Crippen LogP contribution in [0.15, 0.2) is 60.7 Å². The largest absolute Gasteiger partial charge is 0.459 e. The Hall–Kier alpha value is -2.39. The third-order valence-corrected chi connectivity index (χ3v) is 5.22. The van der Waals surface area contributed by atoms with E-state index in [0.717, 1.165) is 24.0 Å². The molecule has 1 aliphatic rings. The molecule has 2 aromatic carbocycles. The van der Waals surface area contributed by atoms with Crippen molar-refractivity contribution >= 4 is 11.5 Å². The Balaban J connectivity index is 1.53. The van der Waals surface area contributed by atoms with Crippen molar-refractivity contribution in [1.29, 1.82) is 0 Å². The fraction of sp³-hybridized carbons (Fsp3) is 0.375. The molecular formula is C24H28O3. The Labute approximate surface area is 161 Å². The molecule has 27 heavy (non-hydrogen) atoms. The quantitative estimate of drug-likeness (QED) is 0.740. The standard InChI is InChI=1S/C24H28O3/c1-24(2)14-12-21(13-15-24)20-10-8-18(9-11-20)16-22(25)23(26)27-17-19-6-4-3-5-7-19/h3-12,22,25H,13-17H2,1-2H3/t22-/m1/s1. The van der Waals surface area contributed by atoms with Crippen molar-refractivity contribution in [3.63, 3.8) is 0 Å². The maximum atomic E-state index is 12.0. The van der Waals surface area contributed by atoms with E-state index in [-0.39, 0.29) is 13.0 Å². The molecule has 0 unspecified atom stereocenters. The third kappa shape index (κ3) is 5.54. The van der Waals surface area contributed by atoms with Gasteiger partial charge in [-0.05, 0) is 46.9 Å². The van der Waals surface area contributed by atoms with E-state index < -0.39 is 12.1 Å². The fourth-order valence-corrected chi connectivity index (χ4v) is 3.33. The highest BCUT2D eigenvalue weighted by molar-refractivity contribution is 5.75. The maximum absolute atomic E-state index is 12.0. The summed E-state index contributed by atoms with van der Waals surface area (Å²) in [6.07, 6.45) is 4.87. The van der Waals surface area contributed by atoms with Crippen LogP contribution >= 0.6 is 0 Å². The van der Waals surface area contributed by atoms with Crippen LogP contribution in [0.25, 0.3) is 5.57 Å². The lowest BCUT2D eigenvalue weighted by Crippen LogP contribution is -2.25. The van der Waals surface area contributed by atoms with Crippen LogP contribution in [-0.4, -0.2) is 17.2 Å². The van der Waals surface area contributed by atoms with Crippen LogP contribution in [0.2, 0.25) is 0 Å². The number of carbonyl (C=O) groups is 1. The average molecular weight is 364 g/mol. The Morgan fingerprint density at radius 2 is 1.78 bits per heavy atom. The number of ether oxygens (including phenoxy) is 1. The summed E-state index contributed by atoms with van der Waals surface area (Å²) < 4.78 is 5.20. The van der Waals surface area contributed by atoms with Crippen molar-refractivity contribution in [3.8, 4) is 0 Å². The Kier molecular flexibility index (Phi) is 6.12. The molecule has 0 radical (unpaired) electrons. The molecule has 142 valence electrons. The van der Waals surface area contributed by atoms with Crippen LogP contribution in [-0.2, 0) is 22.6 Å². The molecule has 3 nitrogen and oxygen atoms in total. The second-order valence-corrected chi connectivity index (χ2v) is 8.11. The number of benzene rings is 2. The number of aliphatic hydroxyl groups excluding tert-OH is 1. The minimum Gasteiger partial charge on any atom is -0.459 e. The molecule has 0 saturated heterocycles. The van der Waals surface area contributed by atoms with E-state index in [2.05, 4.69) is 32.1 Å². The number of esters is 1. The first kappa shape index (κ1) is 19.4. The maximum Gasteiger partial charge on any atom is 0.335 e. The zero-order valence-corrected chi connectivity index (χ0v) is 16.2. The number of allylic oxidation sites excluding steroid dienone is 2. The predicted molar refractivity (Wildman–Crippen MR) is 108 cm³/mol. The first-order valence-corrected chi connectivity index (χ1v) is 9.60. The van der Waals surface area contributed by atoms with Crippen molar-refractivity contribution < 1.29 is 14.6 Å². The highest BCUT2D eigenvalue weighted by Crippen LogP contribution is 2.37. The van der Waals surface area contributed by atoms with Crippen LogP contribution in [0, 0.1) is 5.41 Å². The van der Waals surface area contributed by atoms with Gasteiger partial charge in [0.2, 0.25) is 0 Å². The zero-order valence-electron chi connectivity index (χ0n) is 16.2. The van der Waals surface area contributed by atoms with E-state index in [1.807, 2.05) is 42.5 Å². The van der Waals surface area contributed by atoms with Gasteiger partial charge in [0.25, 0.3) is 0 Å². The van der Waals surface area contributed by atoms with Gasteiger partial charge >= 0.3 is 5.97 Å². The summed E-state index contributed by atoms with van der Waals surface area (Å²) in [6.45, 7) is 4.80. The van der Waals surface area contributed by atoms with Gasteiger partial charge in [-0.1, -0.05) is 74.5 Å². The minimum atomic E-state index is -1.14. The van der Waals surface area contributed by atoms with Crippen molar-refractivity contribution in [3.05, 3.63) is 77.4 Å².